The lowest BCUT2D eigenvalue weighted by Gasteiger charge is -2.23. The van der Waals surface area contributed by atoms with Gasteiger partial charge in [-0.2, -0.15) is 0 Å². The molecule has 21 heavy (non-hydrogen) atoms. The van der Waals surface area contributed by atoms with Gasteiger partial charge in [-0.05, 0) is 43.1 Å². The van der Waals surface area contributed by atoms with Gasteiger partial charge >= 0.3 is 0 Å². The van der Waals surface area contributed by atoms with Crippen LogP contribution in [0.2, 0.25) is 0 Å². The number of hydrogen-bond acceptors (Lipinski definition) is 4. The summed E-state index contributed by atoms with van der Waals surface area (Å²) in [6, 6.07) is 4.80. The predicted octanol–water partition coefficient (Wildman–Crippen LogP) is 0.236. The van der Waals surface area contributed by atoms with Crippen molar-refractivity contribution in [2.24, 2.45) is 0 Å². The van der Waals surface area contributed by atoms with Gasteiger partial charge in [0.25, 0.3) is 0 Å². The number of fused-ring (bicyclic) bond motifs is 1. The molecule has 2 N–H and O–H groups in total. The number of sulfonamides is 1. The minimum absolute atomic E-state index is 0.0102. The third kappa shape index (κ3) is 2.81. The normalized spacial score (nSPS) is 22.4. The molecule has 1 saturated heterocycles. The van der Waals surface area contributed by atoms with Crippen molar-refractivity contribution in [3.05, 3.63) is 23.8 Å². The molecule has 7 heteroatoms. The van der Waals surface area contributed by atoms with Crippen molar-refractivity contribution in [1.29, 1.82) is 0 Å². The number of benzene rings is 1. The Kier molecular flexibility index (Phi) is 3.73. The quantitative estimate of drug-likeness (QED) is 0.838. The number of nitrogens with one attached hydrogen (secondary N) is 2. The van der Waals surface area contributed by atoms with Gasteiger partial charge in [0.15, 0.2) is 0 Å². The summed E-state index contributed by atoms with van der Waals surface area (Å²) in [5.41, 5.74) is 1.56. The van der Waals surface area contributed by atoms with Gasteiger partial charge in [0.05, 0.1) is 11.3 Å². The topological polar surface area (TPSA) is 78.5 Å². The first-order valence-electron chi connectivity index (χ1n) is 7.10. The van der Waals surface area contributed by atoms with Gasteiger partial charge in [0.1, 0.15) is 0 Å². The summed E-state index contributed by atoms with van der Waals surface area (Å²) in [7, 11) is -1.83. The number of amides is 1. The van der Waals surface area contributed by atoms with Crippen LogP contribution in [-0.4, -0.2) is 40.5 Å². The first-order chi connectivity index (χ1) is 9.97. The standard InChI is InChI=1S/C14H19N3O3S/c1-17-13-5-4-12(7-10(13)8-14(17)18)21(19,20)16-11-3-2-6-15-9-11/h4-5,7,11,15-16H,2-3,6,8-9H2,1H3/t11-/m1/s1. The van der Waals surface area contributed by atoms with Gasteiger partial charge in [-0.15, -0.1) is 0 Å². The van der Waals surface area contributed by atoms with Gasteiger partial charge in [-0.25, -0.2) is 13.1 Å². The van der Waals surface area contributed by atoms with Crippen molar-refractivity contribution >= 4 is 21.6 Å². The van der Waals surface area contributed by atoms with E-state index in [9.17, 15) is 13.2 Å². The van der Waals surface area contributed by atoms with Crippen LogP contribution in [0.25, 0.3) is 0 Å². The molecule has 0 bridgehead atoms. The van der Waals surface area contributed by atoms with Crippen LogP contribution in [0.5, 0.6) is 0 Å². The molecule has 6 nitrogen and oxygen atoms in total. The lowest BCUT2D eigenvalue weighted by molar-refractivity contribution is -0.117. The summed E-state index contributed by atoms with van der Waals surface area (Å²) in [4.78, 5) is 13.5. The second-order valence-electron chi connectivity index (χ2n) is 5.58. The Morgan fingerprint density at radius 2 is 2.19 bits per heavy atom. The lowest BCUT2D eigenvalue weighted by atomic mass is 10.1. The van der Waals surface area contributed by atoms with Gasteiger partial charge in [0.2, 0.25) is 15.9 Å². The second-order valence-corrected chi connectivity index (χ2v) is 7.30. The third-order valence-electron chi connectivity index (χ3n) is 4.06. The molecule has 1 aromatic carbocycles. The predicted molar refractivity (Wildman–Crippen MR) is 79.8 cm³/mol. The molecule has 0 spiro atoms. The van der Waals surface area contributed by atoms with Crippen LogP contribution in [0.15, 0.2) is 23.1 Å². The lowest BCUT2D eigenvalue weighted by Crippen LogP contribution is -2.45. The minimum Gasteiger partial charge on any atom is -0.315 e. The number of carbonyl (C=O) groups excluding carboxylic acids is 1. The first-order valence-corrected chi connectivity index (χ1v) is 8.58. The molecule has 0 aliphatic carbocycles. The summed E-state index contributed by atoms with van der Waals surface area (Å²) in [5, 5.41) is 3.18. The molecule has 0 aromatic heterocycles. The monoisotopic (exact) mass is 309 g/mol. The first kappa shape index (κ1) is 14.5. The molecule has 2 aliphatic heterocycles. The average Bonchev–Trinajstić information content (AvgIpc) is 2.74. The Labute approximate surface area is 124 Å². The van der Waals surface area contributed by atoms with Crippen molar-refractivity contribution in [3.8, 4) is 0 Å². The molecule has 3 rings (SSSR count). The van der Waals surface area contributed by atoms with E-state index in [4.69, 9.17) is 0 Å². The Balaban J connectivity index is 1.83. The number of anilines is 1. The summed E-state index contributed by atoms with van der Waals surface area (Å²) >= 11 is 0. The Hall–Kier alpha value is -1.44. The van der Waals surface area contributed by atoms with E-state index in [2.05, 4.69) is 10.0 Å². The Bertz CT molecular complexity index is 666. The molecule has 0 saturated carbocycles. The van der Waals surface area contributed by atoms with Crippen LogP contribution < -0.4 is 14.9 Å². The minimum atomic E-state index is -3.54. The fourth-order valence-electron chi connectivity index (χ4n) is 2.85. The van der Waals surface area contributed by atoms with Gasteiger partial charge in [-0.1, -0.05) is 0 Å². The summed E-state index contributed by atoms with van der Waals surface area (Å²) in [6.45, 7) is 1.59. The van der Waals surface area contributed by atoms with E-state index in [0.717, 1.165) is 30.6 Å². The Morgan fingerprint density at radius 1 is 1.38 bits per heavy atom. The zero-order valence-corrected chi connectivity index (χ0v) is 12.7. The van der Waals surface area contributed by atoms with Crippen molar-refractivity contribution in [2.45, 2.75) is 30.2 Å². The van der Waals surface area contributed by atoms with E-state index < -0.39 is 10.0 Å². The SMILES string of the molecule is CN1C(=O)Cc2cc(S(=O)(=O)N[C@@H]3CCCNC3)ccc21. The van der Waals surface area contributed by atoms with Gasteiger partial charge in [0, 0.05) is 25.3 Å². The highest BCUT2D eigenvalue weighted by Crippen LogP contribution is 2.29. The molecule has 1 atom stereocenters. The highest BCUT2D eigenvalue weighted by Gasteiger charge is 2.27. The molecule has 1 aromatic rings. The molecule has 2 aliphatic rings. The van der Waals surface area contributed by atoms with Crippen molar-refractivity contribution in [3.63, 3.8) is 0 Å². The van der Waals surface area contributed by atoms with Crippen LogP contribution in [-0.2, 0) is 21.2 Å². The fourth-order valence-corrected chi connectivity index (χ4v) is 4.17. The largest absolute Gasteiger partial charge is 0.315 e. The van der Waals surface area contributed by atoms with Gasteiger partial charge in [-0.3, -0.25) is 4.79 Å². The second kappa shape index (κ2) is 5.40. The molecule has 0 radical (unpaired) electrons. The number of carbonyl (C=O) groups is 1. The maximum Gasteiger partial charge on any atom is 0.240 e. The average molecular weight is 309 g/mol. The van der Waals surface area contributed by atoms with Gasteiger partial charge < -0.3 is 10.2 Å². The van der Waals surface area contributed by atoms with Crippen molar-refractivity contribution in [2.75, 3.05) is 25.0 Å². The van der Waals surface area contributed by atoms with E-state index in [-0.39, 0.29) is 23.3 Å². The maximum atomic E-state index is 12.4. The van der Waals surface area contributed by atoms with E-state index in [1.54, 1.807) is 30.1 Å². The summed E-state index contributed by atoms with van der Waals surface area (Å²) < 4.78 is 27.6. The fraction of sp³-hybridized carbons (Fsp3) is 0.500. The zero-order chi connectivity index (χ0) is 15.0. The van der Waals surface area contributed by atoms with E-state index in [1.807, 2.05) is 0 Å². The molecule has 0 unspecified atom stereocenters. The number of piperidine rings is 1. The van der Waals surface area contributed by atoms with E-state index >= 15 is 0 Å². The number of likely N-dealkylation sites (N-methyl/N-ethyl adjacent to an activating group) is 1. The number of rotatable bonds is 3. The summed E-state index contributed by atoms with van der Waals surface area (Å²) in [6.07, 6.45) is 2.08. The van der Waals surface area contributed by atoms with Crippen LogP contribution in [0, 0.1) is 0 Å². The van der Waals surface area contributed by atoms with Crippen LogP contribution in [0.3, 0.4) is 0 Å². The van der Waals surface area contributed by atoms with E-state index in [0.29, 0.717) is 6.54 Å². The molecule has 1 fully saturated rings. The summed E-state index contributed by atoms with van der Waals surface area (Å²) in [5.74, 6) is -0.0102. The third-order valence-corrected chi connectivity index (χ3v) is 5.58. The van der Waals surface area contributed by atoms with Crippen LogP contribution in [0.4, 0.5) is 5.69 Å². The highest BCUT2D eigenvalue weighted by atomic mass is 32.2. The zero-order valence-electron chi connectivity index (χ0n) is 11.9. The number of hydrogen-bond donors (Lipinski definition) is 2. The molecule has 114 valence electrons. The maximum absolute atomic E-state index is 12.4. The van der Waals surface area contributed by atoms with Crippen molar-refractivity contribution in [1.82, 2.24) is 10.0 Å². The number of nitrogens with zero attached hydrogens (tertiary/aromatic N) is 1. The van der Waals surface area contributed by atoms with Crippen LogP contribution >= 0.6 is 0 Å². The molecule has 2 heterocycles. The van der Waals surface area contributed by atoms with Crippen molar-refractivity contribution < 1.29 is 13.2 Å². The molecular formula is C14H19N3O3S. The smallest absolute Gasteiger partial charge is 0.240 e. The van der Waals surface area contributed by atoms with E-state index in [1.165, 1.54) is 0 Å². The Morgan fingerprint density at radius 3 is 2.90 bits per heavy atom. The molecular weight excluding hydrogens is 290 g/mol. The molecule has 1 amide bonds. The highest BCUT2D eigenvalue weighted by molar-refractivity contribution is 7.89. The van der Waals surface area contributed by atoms with Crippen LogP contribution in [0.1, 0.15) is 18.4 Å².